The number of rotatable bonds is 6. The van der Waals surface area contributed by atoms with E-state index < -0.39 is 18.6 Å². The van der Waals surface area contributed by atoms with Crippen molar-refractivity contribution in [2.45, 2.75) is 12.7 Å². The molecule has 0 heterocycles. The Labute approximate surface area is 136 Å². The molecule has 0 saturated heterocycles. The lowest BCUT2D eigenvalue weighted by atomic mass is 10.1. The molecule has 0 aliphatic heterocycles. The second kappa shape index (κ2) is 7.89. The minimum atomic E-state index is -3.02. The van der Waals surface area contributed by atoms with Crippen LogP contribution in [-0.2, 0) is 0 Å². The first-order valence-electron chi connectivity index (χ1n) is 6.73. The number of ether oxygens (including phenoxy) is 1. The van der Waals surface area contributed by atoms with Crippen molar-refractivity contribution in [2.75, 3.05) is 6.54 Å². The van der Waals surface area contributed by atoms with Crippen molar-refractivity contribution in [3.63, 3.8) is 0 Å². The molecule has 0 radical (unpaired) electrons. The molecule has 0 aliphatic rings. The van der Waals surface area contributed by atoms with E-state index in [1.54, 1.807) is 24.3 Å². The van der Waals surface area contributed by atoms with Crippen molar-refractivity contribution in [1.82, 2.24) is 5.32 Å². The molecule has 7 heteroatoms. The molecule has 0 spiro atoms. The topological polar surface area (TPSA) is 58.6 Å². The summed E-state index contributed by atoms with van der Waals surface area (Å²) in [5.74, 6) is -0.838. The normalized spacial score (nSPS) is 12.0. The predicted molar refractivity (Wildman–Crippen MR) is 81.8 cm³/mol. The zero-order valence-electron chi connectivity index (χ0n) is 11.9. The van der Waals surface area contributed by atoms with E-state index >= 15 is 0 Å². The molecule has 4 nitrogen and oxygen atoms in total. The summed E-state index contributed by atoms with van der Waals surface area (Å²) >= 11 is 5.76. The van der Waals surface area contributed by atoms with Crippen LogP contribution in [0.25, 0.3) is 0 Å². The number of para-hydroxylation sites is 1. The first kappa shape index (κ1) is 17.2. The molecule has 1 atom stereocenters. The number of benzene rings is 2. The average Bonchev–Trinajstić information content (AvgIpc) is 2.53. The Balaban J connectivity index is 2.01. The molecule has 2 aromatic rings. The number of halogens is 3. The lowest BCUT2D eigenvalue weighted by molar-refractivity contribution is -0.0501. The number of nitrogens with one attached hydrogen (secondary N) is 1. The van der Waals surface area contributed by atoms with Gasteiger partial charge in [-0.3, -0.25) is 4.79 Å². The highest BCUT2D eigenvalue weighted by atomic mass is 35.5. The molecule has 1 amide bonds. The third-order valence-corrected chi connectivity index (χ3v) is 3.31. The van der Waals surface area contributed by atoms with Crippen molar-refractivity contribution in [1.29, 1.82) is 0 Å². The van der Waals surface area contributed by atoms with Crippen LogP contribution in [0.2, 0.25) is 5.02 Å². The fraction of sp³-hybridized carbons (Fsp3) is 0.188. The van der Waals surface area contributed by atoms with Gasteiger partial charge in [0.05, 0.1) is 11.7 Å². The Kier molecular flexibility index (Phi) is 5.90. The molecule has 122 valence electrons. The predicted octanol–water partition coefficient (Wildman–Crippen LogP) is 3.40. The summed E-state index contributed by atoms with van der Waals surface area (Å²) in [6, 6.07) is 12.2. The van der Waals surface area contributed by atoms with Crippen LogP contribution in [-0.4, -0.2) is 24.2 Å². The van der Waals surface area contributed by atoms with Gasteiger partial charge >= 0.3 is 6.61 Å². The van der Waals surface area contributed by atoms with E-state index in [9.17, 15) is 18.7 Å². The van der Waals surface area contributed by atoms with Gasteiger partial charge in [0.25, 0.3) is 5.91 Å². The summed E-state index contributed by atoms with van der Waals surface area (Å²) in [5.41, 5.74) is 0.544. The van der Waals surface area contributed by atoms with Crippen molar-refractivity contribution < 1.29 is 23.4 Å². The van der Waals surface area contributed by atoms with Crippen molar-refractivity contribution >= 4 is 17.5 Å². The monoisotopic (exact) mass is 341 g/mol. The van der Waals surface area contributed by atoms with Crippen LogP contribution in [0.4, 0.5) is 8.78 Å². The van der Waals surface area contributed by atoms with Crippen LogP contribution >= 0.6 is 11.6 Å². The smallest absolute Gasteiger partial charge is 0.387 e. The number of alkyl halides is 2. The molecule has 0 fully saturated rings. The number of aliphatic hydroxyl groups is 1. The Hall–Kier alpha value is -2.18. The highest BCUT2D eigenvalue weighted by Crippen LogP contribution is 2.21. The number of carbonyl (C=O) groups excluding carboxylic acids is 1. The summed E-state index contributed by atoms with van der Waals surface area (Å²) in [6.07, 6.45) is -0.945. The zero-order chi connectivity index (χ0) is 16.8. The molecule has 0 aromatic heterocycles. The third kappa shape index (κ3) is 4.91. The van der Waals surface area contributed by atoms with Gasteiger partial charge in [0.2, 0.25) is 0 Å². The maximum atomic E-state index is 12.3. The van der Waals surface area contributed by atoms with Gasteiger partial charge in [-0.15, -0.1) is 0 Å². The van der Waals surface area contributed by atoms with Gasteiger partial charge in [0, 0.05) is 11.6 Å². The molecule has 1 unspecified atom stereocenters. The SMILES string of the molecule is O=C(NCC(O)c1ccc(Cl)cc1)c1ccccc1OC(F)F. The largest absolute Gasteiger partial charge is 0.434 e. The molecular formula is C16H14ClF2NO3. The minimum absolute atomic E-state index is 0.0314. The van der Waals surface area contributed by atoms with Gasteiger partial charge in [-0.05, 0) is 29.8 Å². The maximum Gasteiger partial charge on any atom is 0.387 e. The highest BCUT2D eigenvalue weighted by Gasteiger charge is 2.16. The summed E-state index contributed by atoms with van der Waals surface area (Å²) in [7, 11) is 0. The first-order chi connectivity index (χ1) is 11.0. The van der Waals surface area contributed by atoms with E-state index in [1.807, 2.05) is 0 Å². The van der Waals surface area contributed by atoms with Gasteiger partial charge in [-0.25, -0.2) is 0 Å². The fourth-order valence-electron chi connectivity index (χ4n) is 1.94. The zero-order valence-corrected chi connectivity index (χ0v) is 12.6. The van der Waals surface area contributed by atoms with Crippen LogP contribution in [0, 0.1) is 0 Å². The van der Waals surface area contributed by atoms with Crippen molar-refractivity contribution in [2.24, 2.45) is 0 Å². The van der Waals surface area contributed by atoms with Crippen LogP contribution in [0.3, 0.4) is 0 Å². The van der Waals surface area contributed by atoms with E-state index in [4.69, 9.17) is 11.6 Å². The average molecular weight is 342 g/mol. The van der Waals surface area contributed by atoms with Crippen LogP contribution in [0.1, 0.15) is 22.0 Å². The fourth-order valence-corrected chi connectivity index (χ4v) is 2.07. The quantitative estimate of drug-likeness (QED) is 0.846. The van der Waals surface area contributed by atoms with Crippen LogP contribution in [0.15, 0.2) is 48.5 Å². The molecule has 0 bridgehead atoms. The summed E-state index contributed by atoms with van der Waals surface area (Å²) in [4.78, 5) is 12.1. The second-order valence-electron chi connectivity index (χ2n) is 4.65. The van der Waals surface area contributed by atoms with Gasteiger partial charge in [0.1, 0.15) is 5.75 Å². The maximum absolute atomic E-state index is 12.3. The summed E-state index contributed by atoms with van der Waals surface area (Å²) in [5, 5.41) is 13.0. The Bertz CT molecular complexity index is 665. The number of carbonyl (C=O) groups is 1. The second-order valence-corrected chi connectivity index (χ2v) is 5.09. The van der Waals surface area contributed by atoms with Gasteiger partial charge < -0.3 is 15.2 Å². The highest BCUT2D eigenvalue weighted by molar-refractivity contribution is 6.30. The number of aliphatic hydroxyl groups excluding tert-OH is 1. The molecule has 0 saturated carbocycles. The van der Waals surface area contributed by atoms with Gasteiger partial charge in [-0.2, -0.15) is 8.78 Å². The minimum Gasteiger partial charge on any atom is -0.434 e. The van der Waals surface area contributed by atoms with Crippen LogP contribution < -0.4 is 10.1 Å². The molecular weight excluding hydrogens is 328 g/mol. The van der Waals surface area contributed by atoms with E-state index in [-0.39, 0.29) is 17.9 Å². The number of amides is 1. The Morgan fingerprint density at radius 2 is 1.83 bits per heavy atom. The lowest BCUT2D eigenvalue weighted by Gasteiger charge is -2.14. The van der Waals surface area contributed by atoms with Crippen molar-refractivity contribution in [3.8, 4) is 5.75 Å². The Morgan fingerprint density at radius 3 is 2.48 bits per heavy atom. The standard InChI is InChI=1S/C16H14ClF2NO3/c17-11-7-5-10(6-8-11)13(21)9-20-15(22)12-3-1-2-4-14(12)23-16(18)19/h1-8,13,16,21H,9H2,(H,20,22). The number of hydrogen-bond donors (Lipinski definition) is 2. The Morgan fingerprint density at radius 1 is 1.17 bits per heavy atom. The molecule has 23 heavy (non-hydrogen) atoms. The summed E-state index contributed by atoms with van der Waals surface area (Å²) in [6.45, 7) is -3.10. The van der Waals surface area contributed by atoms with Gasteiger partial charge in [0.15, 0.2) is 0 Å². The van der Waals surface area contributed by atoms with E-state index in [2.05, 4.69) is 10.1 Å². The van der Waals surface area contributed by atoms with E-state index in [0.717, 1.165) is 0 Å². The van der Waals surface area contributed by atoms with E-state index in [0.29, 0.717) is 10.6 Å². The van der Waals surface area contributed by atoms with Gasteiger partial charge in [-0.1, -0.05) is 35.9 Å². The third-order valence-electron chi connectivity index (χ3n) is 3.06. The molecule has 2 N–H and O–H groups in total. The van der Waals surface area contributed by atoms with E-state index in [1.165, 1.54) is 24.3 Å². The molecule has 0 aliphatic carbocycles. The van der Waals surface area contributed by atoms with Crippen molar-refractivity contribution in [3.05, 3.63) is 64.7 Å². The van der Waals surface area contributed by atoms with Crippen LogP contribution in [0.5, 0.6) is 5.75 Å². The lowest BCUT2D eigenvalue weighted by Crippen LogP contribution is -2.29. The number of hydrogen-bond acceptors (Lipinski definition) is 3. The molecule has 2 rings (SSSR count). The molecule has 2 aromatic carbocycles. The summed E-state index contributed by atoms with van der Waals surface area (Å²) < 4.78 is 29.0. The first-order valence-corrected chi connectivity index (χ1v) is 7.10.